The van der Waals surface area contributed by atoms with Crippen molar-refractivity contribution in [3.8, 4) is 0 Å². The van der Waals surface area contributed by atoms with Crippen LogP contribution in [-0.2, 0) is 23.0 Å². The first kappa shape index (κ1) is 25.3. The van der Waals surface area contributed by atoms with Crippen LogP contribution in [0.4, 0.5) is 11.5 Å². The normalized spacial score (nSPS) is 15.0. The fraction of sp³-hybridized carbons (Fsp3) is 0.444. The van der Waals surface area contributed by atoms with Crippen molar-refractivity contribution in [3.63, 3.8) is 0 Å². The number of nitrogens with zero attached hydrogens (tertiary/aromatic N) is 5. The topological polar surface area (TPSA) is 106 Å². The van der Waals surface area contributed by atoms with Crippen LogP contribution in [-0.4, -0.2) is 41.2 Å². The van der Waals surface area contributed by atoms with Gasteiger partial charge in [0.05, 0.1) is 5.69 Å². The molecule has 9 nitrogen and oxygen atoms in total. The van der Waals surface area contributed by atoms with E-state index in [2.05, 4.69) is 39.3 Å². The maximum atomic E-state index is 13.3. The van der Waals surface area contributed by atoms with Crippen molar-refractivity contribution in [2.24, 2.45) is 5.92 Å². The molecule has 3 aromatic heterocycles. The van der Waals surface area contributed by atoms with Crippen LogP contribution in [0.3, 0.4) is 0 Å². The van der Waals surface area contributed by atoms with Gasteiger partial charge in [-0.1, -0.05) is 24.2 Å². The van der Waals surface area contributed by atoms with Gasteiger partial charge in [0.15, 0.2) is 11.5 Å². The summed E-state index contributed by atoms with van der Waals surface area (Å²) in [5, 5.41) is 3.87. The van der Waals surface area contributed by atoms with Gasteiger partial charge in [0.1, 0.15) is 22.0 Å². The molecule has 0 unspecified atom stereocenters. The summed E-state index contributed by atoms with van der Waals surface area (Å²) >= 11 is 0. The fourth-order valence-corrected chi connectivity index (χ4v) is 6.45. The van der Waals surface area contributed by atoms with Gasteiger partial charge >= 0.3 is 0 Å². The number of rotatable bonds is 7. The van der Waals surface area contributed by atoms with Gasteiger partial charge in [0.25, 0.3) is 10.0 Å². The van der Waals surface area contributed by atoms with Crippen molar-refractivity contribution in [2.45, 2.75) is 65.3 Å². The third-order valence-electron chi connectivity index (χ3n) is 7.36. The van der Waals surface area contributed by atoms with Crippen molar-refractivity contribution >= 4 is 32.7 Å². The molecule has 4 heterocycles. The van der Waals surface area contributed by atoms with Gasteiger partial charge in [-0.25, -0.2) is 18.4 Å². The van der Waals surface area contributed by atoms with Crippen LogP contribution in [0, 0.1) is 33.6 Å². The summed E-state index contributed by atoms with van der Waals surface area (Å²) in [5.74, 6) is 2.35. The minimum Gasteiger partial charge on any atom is -0.370 e. The zero-order valence-corrected chi connectivity index (χ0v) is 22.9. The lowest BCUT2D eigenvalue weighted by molar-refractivity contribution is 0.355. The predicted octanol–water partition coefficient (Wildman–Crippen LogP) is 4.93. The number of aryl methyl sites for hydroxylation is 4. The Bertz CT molecular complexity index is 1550. The van der Waals surface area contributed by atoms with Gasteiger partial charge in [-0.15, -0.1) is 0 Å². The highest BCUT2D eigenvalue weighted by Crippen LogP contribution is 2.32. The number of imidazole rings is 1. The van der Waals surface area contributed by atoms with E-state index in [1.807, 2.05) is 19.1 Å². The van der Waals surface area contributed by atoms with Crippen LogP contribution in [0.1, 0.15) is 48.2 Å². The smallest absolute Gasteiger partial charge is 0.265 e. The summed E-state index contributed by atoms with van der Waals surface area (Å²) in [6.07, 6.45) is 2.77. The lowest BCUT2D eigenvalue weighted by Crippen LogP contribution is -2.36. The second kappa shape index (κ2) is 9.81. The van der Waals surface area contributed by atoms with Gasteiger partial charge in [0.2, 0.25) is 0 Å². The number of aromatic nitrogens is 4. The molecule has 10 heteroatoms. The number of fused-ring (bicyclic) bond motifs is 1. The van der Waals surface area contributed by atoms with E-state index >= 15 is 0 Å². The molecule has 0 saturated carbocycles. The zero-order chi connectivity index (χ0) is 26.3. The second-order valence-corrected chi connectivity index (χ2v) is 11.6. The Hall–Kier alpha value is -3.40. The third-order valence-corrected chi connectivity index (χ3v) is 8.74. The van der Waals surface area contributed by atoms with E-state index in [9.17, 15) is 8.42 Å². The number of hydrogen-bond donors (Lipinski definition) is 1. The molecule has 0 bridgehead atoms. The highest BCUT2D eigenvalue weighted by molar-refractivity contribution is 7.92. The van der Waals surface area contributed by atoms with Crippen LogP contribution < -0.4 is 9.62 Å². The van der Waals surface area contributed by atoms with Crippen molar-refractivity contribution in [1.82, 2.24) is 19.7 Å². The first-order chi connectivity index (χ1) is 17.7. The molecule has 37 heavy (non-hydrogen) atoms. The van der Waals surface area contributed by atoms with Gasteiger partial charge in [-0.3, -0.25) is 4.72 Å². The zero-order valence-electron chi connectivity index (χ0n) is 22.1. The molecule has 1 aliphatic heterocycles. The Kier molecular flexibility index (Phi) is 6.70. The highest BCUT2D eigenvalue weighted by Gasteiger charge is 2.28. The molecule has 0 radical (unpaired) electrons. The van der Waals surface area contributed by atoms with E-state index in [4.69, 9.17) is 14.5 Å². The quantitative estimate of drug-likeness (QED) is 0.367. The van der Waals surface area contributed by atoms with Gasteiger partial charge < -0.3 is 14.0 Å². The Morgan fingerprint density at radius 3 is 2.49 bits per heavy atom. The molecule has 4 aromatic rings. The fourth-order valence-electron chi connectivity index (χ4n) is 5.17. The monoisotopic (exact) mass is 522 g/mol. The predicted molar refractivity (Wildman–Crippen MR) is 145 cm³/mol. The molecule has 1 aromatic carbocycles. The lowest BCUT2D eigenvalue weighted by Gasteiger charge is -2.35. The van der Waals surface area contributed by atoms with Crippen molar-refractivity contribution in [1.29, 1.82) is 0 Å². The summed E-state index contributed by atoms with van der Waals surface area (Å²) in [6, 6.07) is 9.24. The van der Waals surface area contributed by atoms with E-state index in [-0.39, 0.29) is 10.7 Å². The Balaban J connectivity index is 1.34. The molecular weight excluding hydrogens is 488 g/mol. The Morgan fingerprint density at radius 1 is 1.08 bits per heavy atom. The third kappa shape index (κ3) is 4.82. The van der Waals surface area contributed by atoms with Crippen molar-refractivity contribution in [3.05, 3.63) is 58.7 Å². The van der Waals surface area contributed by atoms with Gasteiger partial charge in [-0.2, -0.15) is 0 Å². The highest BCUT2D eigenvalue weighted by atomic mass is 32.2. The first-order valence-corrected chi connectivity index (χ1v) is 14.3. The van der Waals surface area contributed by atoms with Crippen LogP contribution in [0.25, 0.3) is 11.2 Å². The average Bonchev–Trinajstić information content (AvgIpc) is 3.39. The van der Waals surface area contributed by atoms with Gasteiger partial charge in [0, 0.05) is 37.3 Å². The molecule has 1 fully saturated rings. The van der Waals surface area contributed by atoms with Crippen LogP contribution >= 0.6 is 0 Å². The molecule has 0 atom stereocenters. The summed E-state index contributed by atoms with van der Waals surface area (Å²) in [4.78, 5) is 12.1. The average molecular weight is 523 g/mol. The number of hydrogen-bond acceptors (Lipinski definition) is 7. The molecular formula is C27H34N6O3S. The number of anilines is 2. The van der Waals surface area contributed by atoms with Crippen molar-refractivity contribution < 1.29 is 12.9 Å². The van der Waals surface area contributed by atoms with Crippen molar-refractivity contribution in [2.75, 3.05) is 22.7 Å². The molecule has 196 valence electrons. The van der Waals surface area contributed by atoms with Crippen LogP contribution in [0.5, 0.6) is 0 Å². The number of para-hydroxylation sites is 1. The van der Waals surface area contributed by atoms with Gasteiger partial charge in [-0.05, 0) is 70.2 Å². The lowest BCUT2D eigenvalue weighted by atomic mass is 9.96. The molecule has 1 N–H and O–H groups in total. The second-order valence-electron chi connectivity index (χ2n) is 9.96. The van der Waals surface area contributed by atoms with Crippen LogP contribution in [0.15, 0.2) is 39.8 Å². The molecule has 5 rings (SSSR count). The molecule has 1 saturated heterocycles. The van der Waals surface area contributed by atoms with E-state index < -0.39 is 10.0 Å². The maximum absolute atomic E-state index is 13.3. The number of pyridine rings is 1. The number of benzene rings is 1. The minimum absolute atomic E-state index is 0.226. The summed E-state index contributed by atoms with van der Waals surface area (Å²) in [7, 11) is -3.83. The summed E-state index contributed by atoms with van der Waals surface area (Å²) < 4.78 is 36.7. The SMILES string of the molecule is CCc1nc2c(C)cc(C)nc2n1CC1CCN(c2ccccc2S(=O)(=O)Nc2noc(C)c2C)CC1. The van der Waals surface area contributed by atoms with E-state index in [1.54, 1.807) is 26.0 Å². The number of nitrogens with one attached hydrogen (secondary N) is 1. The Labute approximate surface area is 217 Å². The largest absolute Gasteiger partial charge is 0.370 e. The molecule has 1 aliphatic rings. The van der Waals surface area contributed by atoms with Crippen LogP contribution in [0.2, 0.25) is 0 Å². The molecule has 0 amide bonds. The minimum atomic E-state index is -3.83. The van der Waals surface area contributed by atoms with E-state index in [0.29, 0.717) is 22.9 Å². The summed E-state index contributed by atoms with van der Waals surface area (Å²) in [5.41, 5.74) is 5.52. The first-order valence-electron chi connectivity index (χ1n) is 12.8. The van der Waals surface area contributed by atoms with E-state index in [1.165, 1.54) is 0 Å². The molecule has 0 spiro atoms. The maximum Gasteiger partial charge on any atom is 0.265 e. The summed E-state index contributed by atoms with van der Waals surface area (Å²) in [6.45, 7) is 12.2. The van der Waals surface area contributed by atoms with E-state index in [0.717, 1.165) is 67.1 Å². The standard InChI is InChI=1S/C27H34N6O3S/c1-6-24-29-25-17(2)15-18(3)28-27(25)33(24)16-21-11-13-32(14-12-21)22-9-7-8-10-23(22)37(34,35)31-26-19(4)20(5)36-30-26/h7-10,15,21H,6,11-14,16H2,1-5H3,(H,30,31). The Morgan fingerprint density at radius 2 is 1.81 bits per heavy atom. The number of sulfonamides is 1. The number of piperidine rings is 1. The molecule has 0 aliphatic carbocycles.